The first-order chi connectivity index (χ1) is 26.9. The van der Waals surface area contributed by atoms with Gasteiger partial charge in [-0.25, -0.2) is 28.7 Å². The number of nitrogens with zero attached hydrogens (tertiary/aromatic N) is 6. The standard InChI is InChI=1S/C19H16ClF4N3O2.C18H13ClF4N4O/c20-12-2-3-14(21)13(6-12)18(4-1-5-18)7-16-25-8-11(9-26-16)15(28)10-27-17(29)19(22,23)24;19-11-2-3-13(20)12(6-11)17(4-1-5-17)7-14-24-8-10(9-25-14)15-26-27-16(28-15)18(21,22)23/h2-3,6,8-9H,1,4-5,7,10H2,(H,27,29);2-3,6,8-9H,1,4-5,7H2. The number of hydrogen-bond acceptors (Lipinski definition) is 9. The largest absolute Gasteiger partial charge is 0.471 e. The molecule has 57 heavy (non-hydrogen) atoms. The van der Waals surface area contributed by atoms with Crippen LogP contribution in [-0.4, -0.2) is 54.5 Å². The van der Waals surface area contributed by atoms with Crippen LogP contribution in [0.2, 0.25) is 10.0 Å². The summed E-state index contributed by atoms with van der Waals surface area (Å²) in [5.74, 6) is -4.58. The van der Waals surface area contributed by atoms with Crippen molar-refractivity contribution in [1.29, 1.82) is 0 Å². The molecule has 1 N–H and O–H groups in total. The van der Waals surface area contributed by atoms with Crippen molar-refractivity contribution in [2.75, 3.05) is 6.54 Å². The molecule has 2 aliphatic carbocycles. The molecule has 3 heterocycles. The second kappa shape index (κ2) is 16.4. The first kappa shape index (κ1) is 41.5. The number of benzene rings is 2. The van der Waals surface area contributed by atoms with Crippen molar-refractivity contribution in [3.8, 4) is 11.5 Å². The molecular formula is C37H29Cl2F8N7O3. The van der Waals surface area contributed by atoms with Crippen molar-refractivity contribution in [2.45, 2.75) is 74.5 Å². The van der Waals surface area contributed by atoms with Crippen LogP contribution < -0.4 is 5.32 Å². The molecule has 0 atom stereocenters. The maximum absolute atomic E-state index is 14.4. The van der Waals surface area contributed by atoms with Gasteiger partial charge in [0.2, 0.25) is 0 Å². The Bertz CT molecular complexity index is 2240. The molecule has 3 aromatic heterocycles. The SMILES string of the molecule is Fc1ccc(Cl)cc1C1(Cc2ncc(-c3nnc(C(F)(F)F)o3)cn2)CCC1.O=C(CNC(=O)C(F)(F)F)c1cnc(CC2(c3cc(Cl)ccc3F)CCC2)nc1. The van der Waals surface area contributed by atoms with Crippen molar-refractivity contribution in [1.82, 2.24) is 35.5 Å². The van der Waals surface area contributed by atoms with Crippen LogP contribution >= 0.6 is 23.2 Å². The lowest BCUT2D eigenvalue weighted by Crippen LogP contribution is -2.39. The molecule has 0 aliphatic heterocycles. The van der Waals surface area contributed by atoms with Gasteiger partial charge in [-0.1, -0.05) is 36.0 Å². The highest BCUT2D eigenvalue weighted by Crippen LogP contribution is 2.48. The molecule has 2 aliphatic rings. The first-order valence-corrected chi connectivity index (χ1v) is 18.0. The maximum Gasteiger partial charge on any atom is 0.471 e. The molecule has 2 aromatic carbocycles. The lowest BCUT2D eigenvalue weighted by Gasteiger charge is -2.42. The van der Waals surface area contributed by atoms with E-state index in [2.05, 4.69) is 34.6 Å². The van der Waals surface area contributed by atoms with E-state index in [1.54, 1.807) is 12.1 Å². The molecule has 0 saturated heterocycles. The molecule has 2 saturated carbocycles. The van der Waals surface area contributed by atoms with E-state index in [9.17, 15) is 44.7 Å². The van der Waals surface area contributed by atoms with Gasteiger partial charge in [-0.2, -0.15) is 26.3 Å². The summed E-state index contributed by atoms with van der Waals surface area (Å²) in [7, 11) is 0. The monoisotopic (exact) mass is 841 g/mol. The van der Waals surface area contributed by atoms with Gasteiger partial charge >= 0.3 is 24.2 Å². The van der Waals surface area contributed by atoms with Crippen LogP contribution in [0.5, 0.6) is 0 Å². The molecule has 2 fully saturated rings. The number of carbonyl (C=O) groups excluding carboxylic acids is 2. The molecule has 20 heteroatoms. The van der Waals surface area contributed by atoms with Crippen molar-refractivity contribution >= 4 is 34.9 Å². The van der Waals surface area contributed by atoms with E-state index >= 15 is 0 Å². The fourth-order valence-corrected chi connectivity index (χ4v) is 7.01. The Balaban J connectivity index is 0.000000193. The van der Waals surface area contributed by atoms with E-state index in [1.165, 1.54) is 54.4 Å². The normalized spacial score (nSPS) is 15.8. The Hall–Kier alpha value is -5.10. The molecule has 7 rings (SSSR count). The highest BCUT2D eigenvalue weighted by atomic mass is 35.5. The highest BCUT2D eigenvalue weighted by molar-refractivity contribution is 6.31. The Morgan fingerprint density at radius 3 is 1.60 bits per heavy atom. The molecular weight excluding hydrogens is 813 g/mol. The third-order valence-corrected chi connectivity index (χ3v) is 10.4. The minimum Gasteiger partial charge on any atom is -0.413 e. The topological polar surface area (TPSA) is 137 Å². The van der Waals surface area contributed by atoms with Gasteiger partial charge in [0.25, 0.3) is 5.89 Å². The Labute approximate surface area is 328 Å². The summed E-state index contributed by atoms with van der Waals surface area (Å²) < 4.78 is 107. The summed E-state index contributed by atoms with van der Waals surface area (Å²) in [6, 6.07) is 8.85. The zero-order valence-electron chi connectivity index (χ0n) is 29.3. The summed E-state index contributed by atoms with van der Waals surface area (Å²) in [5.41, 5.74) is 0.239. The number of ketones is 1. The van der Waals surface area contributed by atoms with E-state index in [0.717, 1.165) is 38.5 Å². The number of nitrogens with one attached hydrogen (secondary N) is 1. The smallest absolute Gasteiger partial charge is 0.413 e. The average molecular weight is 843 g/mol. The van der Waals surface area contributed by atoms with E-state index < -0.39 is 47.3 Å². The van der Waals surface area contributed by atoms with Gasteiger partial charge in [0.1, 0.15) is 23.3 Å². The van der Waals surface area contributed by atoms with Crippen LogP contribution in [0.25, 0.3) is 11.5 Å². The van der Waals surface area contributed by atoms with E-state index in [-0.39, 0.29) is 28.7 Å². The number of halogens is 10. The zero-order chi connectivity index (χ0) is 41.2. The third-order valence-electron chi connectivity index (χ3n) is 9.93. The predicted molar refractivity (Wildman–Crippen MR) is 187 cm³/mol. The Morgan fingerprint density at radius 2 is 1.19 bits per heavy atom. The van der Waals surface area contributed by atoms with Gasteiger partial charge in [0.05, 0.1) is 17.7 Å². The molecule has 0 bridgehead atoms. The van der Waals surface area contributed by atoms with Crippen LogP contribution in [0, 0.1) is 11.6 Å². The van der Waals surface area contributed by atoms with E-state index in [1.807, 2.05) is 0 Å². The Kier molecular flexibility index (Phi) is 12.0. The van der Waals surface area contributed by atoms with Crippen molar-refractivity contribution in [3.05, 3.63) is 117 Å². The number of rotatable bonds is 10. The molecule has 1 amide bonds. The van der Waals surface area contributed by atoms with Crippen molar-refractivity contribution in [3.63, 3.8) is 0 Å². The van der Waals surface area contributed by atoms with Gasteiger partial charge in [-0.15, -0.1) is 10.2 Å². The number of hydrogen-bond donors (Lipinski definition) is 1. The van der Waals surface area contributed by atoms with E-state index in [0.29, 0.717) is 45.7 Å². The first-order valence-electron chi connectivity index (χ1n) is 17.2. The second-order valence-corrected chi connectivity index (χ2v) is 14.5. The minimum absolute atomic E-state index is 0.0344. The molecule has 0 spiro atoms. The summed E-state index contributed by atoms with van der Waals surface area (Å²) in [4.78, 5) is 39.3. The zero-order valence-corrected chi connectivity index (χ0v) is 30.8. The number of alkyl halides is 6. The minimum atomic E-state index is -5.06. The van der Waals surface area contributed by atoms with Crippen LogP contribution in [0.3, 0.4) is 0 Å². The maximum atomic E-state index is 14.4. The highest BCUT2D eigenvalue weighted by Gasteiger charge is 2.43. The Morgan fingerprint density at radius 1 is 0.719 bits per heavy atom. The number of carbonyl (C=O) groups is 2. The lowest BCUT2D eigenvalue weighted by atomic mass is 9.62. The molecule has 0 radical (unpaired) electrons. The lowest BCUT2D eigenvalue weighted by molar-refractivity contribution is -0.173. The quantitative estimate of drug-likeness (QED) is 0.108. The number of Topliss-reactive ketones (excluding diaryl/α,β-unsaturated/α-hetero) is 1. The van der Waals surface area contributed by atoms with Gasteiger partial charge in [-0.05, 0) is 73.2 Å². The molecule has 5 aromatic rings. The molecule has 300 valence electrons. The number of amides is 1. The average Bonchev–Trinajstić information content (AvgIpc) is 3.65. The summed E-state index contributed by atoms with van der Waals surface area (Å²) in [6.45, 7) is -0.821. The van der Waals surface area contributed by atoms with Crippen LogP contribution in [-0.2, 0) is 34.6 Å². The van der Waals surface area contributed by atoms with Gasteiger partial charge in [0, 0.05) is 58.5 Å². The van der Waals surface area contributed by atoms with Crippen molar-refractivity contribution in [2.24, 2.45) is 0 Å². The summed E-state index contributed by atoms with van der Waals surface area (Å²) in [5, 5.41) is 8.73. The number of aromatic nitrogens is 6. The van der Waals surface area contributed by atoms with Gasteiger partial charge < -0.3 is 9.73 Å². The summed E-state index contributed by atoms with van der Waals surface area (Å²) in [6.07, 6.45) is 0.831. The van der Waals surface area contributed by atoms with Crippen LogP contribution in [0.15, 0.2) is 65.6 Å². The fraction of sp³-hybridized carbons (Fsp3) is 0.351. The fourth-order valence-electron chi connectivity index (χ4n) is 6.67. The predicted octanol–water partition coefficient (Wildman–Crippen LogP) is 8.80. The second-order valence-electron chi connectivity index (χ2n) is 13.7. The molecule has 10 nitrogen and oxygen atoms in total. The summed E-state index contributed by atoms with van der Waals surface area (Å²) >= 11 is 12.0. The van der Waals surface area contributed by atoms with Crippen molar-refractivity contribution < 1.29 is 49.1 Å². The molecule has 0 unspecified atom stereocenters. The van der Waals surface area contributed by atoms with Crippen LogP contribution in [0.4, 0.5) is 35.1 Å². The van der Waals surface area contributed by atoms with Gasteiger partial charge in [0.15, 0.2) is 5.78 Å². The van der Waals surface area contributed by atoms with Gasteiger partial charge in [-0.3, -0.25) is 9.59 Å². The third kappa shape index (κ3) is 9.55. The van der Waals surface area contributed by atoms with Crippen LogP contribution in [0.1, 0.15) is 77.5 Å². The van der Waals surface area contributed by atoms with E-state index in [4.69, 9.17) is 23.2 Å².